The zero-order valence-electron chi connectivity index (χ0n) is 15.2. The lowest BCUT2D eigenvalue weighted by molar-refractivity contribution is -0.138. The summed E-state index contributed by atoms with van der Waals surface area (Å²) >= 11 is 0. The molecule has 3 heterocycles. The summed E-state index contributed by atoms with van der Waals surface area (Å²) in [5, 5.41) is 21.2. The van der Waals surface area contributed by atoms with Gasteiger partial charge in [0.15, 0.2) is 6.23 Å². The summed E-state index contributed by atoms with van der Waals surface area (Å²) in [6, 6.07) is 3.11. The van der Waals surface area contributed by atoms with E-state index >= 15 is 0 Å². The monoisotopic (exact) mass is 398 g/mol. The Morgan fingerprint density at radius 2 is 1.96 bits per heavy atom. The predicted molar refractivity (Wildman–Crippen MR) is 93.9 cm³/mol. The van der Waals surface area contributed by atoms with E-state index in [1.54, 1.807) is 4.90 Å². The first kappa shape index (κ1) is 19.4. The number of hydrogen-bond acceptors (Lipinski definition) is 4. The summed E-state index contributed by atoms with van der Waals surface area (Å²) in [4.78, 5) is 1.79. The summed E-state index contributed by atoms with van der Waals surface area (Å²) in [7, 11) is 0. The van der Waals surface area contributed by atoms with Crippen LogP contribution in [0.1, 0.15) is 53.1 Å². The van der Waals surface area contributed by atoms with E-state index in [1.807, 2.05) is 0 Å². The van der Waals surface area contributed by atoms with Crippen molar-refractivity contribution >= 4 is 0 Å². The van der Waals surface area contributed by atoms with Crippen LogP contribution in [-0.4, -0.2) is 39.8 Å². The number of fused-ring (bicyclic) bond motifs is 1. The SMILES string of the molecule is OC(c1n[nH]c2c1CCNC2)N1CCC(c2c(F)cccc2C(F)(F)F)CC1. The molecule has 3 N–H and O–H groups in total. The number of likely N-dealkylation sites (tertiary alicyclic amines) is 1. The van der Waals surface area contributed by atoms with Crippen LogP contribution in [0.25, 0.3) is 0 Å². The number of H-pyrrole nitrogens is 1. The third kappa shape index (κ3) is 3.54. The molecular formula is C19H22F4N4O. The molecule has 1 fully saturated rings. The predicted octanol–water partition coefficient (Wildman–Crippen LogP) is 3.08. The maximum atomic E-state index is 14.2. The van der Waals surface area contributed by atoms with Gasteiger partial charge in [0.25, 0.3) is 0 Å². The molecule has 0 bridgehead atoms. The normalized spacial score (nSPS) is 20.2. The third-order valence-electron chi connectivity index (χ3n) is 5.72. The number of halogens is 4. The number of aromatic nitrogens is 2. The topological polar surface area (TPSA) is 64.2 Å². The first-order valence-corrected chi connectivity index (χ1v) is 9.40. The second-order valence-corrected chi connectivity index (χ2v) is 7.38. The number of nitrogens with one attached hydrogen (secondary N) is 2. The van der Waals surface area contributed by atoms with Crippen LogP contribution in [0.5, 0.6) is 0 Å². The molecule has 0 aliphatic carbocycles. The Morgan fingerprint density at radius 3 is 2.68 bits per heavy atom. The Bertz CT molecular complexity index is 843. The van der Waals surface area contributed by atoms with E-state index in [9.17, 15) is 22.7 Å². The number of aromatic amines is 1. The number of aliphatic hydroxyl groups excluding tert-OH is 1. The molecule has 0 radical (unpaired) electrons. The number of alkyl halides is 3. The van der Waals surface area contributed by atoms with Crippen LogP contribution >= 0.6 is 0 Å². The van der Waals surface area contributed by atoms with Crippen molar-refractivity contribution in [3.8, 4) is 0 Å². The van der Waals surface area contributed by atoms with Gasteiger partial charge < -0.3 is 10.4 Å². The molecule has 1 aromatic heterocycles. The lowest BCUT2D eigenvalue weighted by Gasteiger charge is -2.35. The molecule has 152 valence electrons. The van der Waals surface area contributed by atoms with E-state index in [4.69, 9.17) is 0 Å². The molecule has 1 saturated heterocycles. The largest absolute Gasteiger partial charge is 0.416 e. The van der Waals surface area contributed by atoms with Crippen molar-refractivity contribution in [3.05, 3.63) is 52.1 Å². The van der Waals surface area contributed by atoms with Gasteiger partial charge in [-0.05, 0) is 43.9 Å². The average molecular weight is 398 g/mol. The molecule has 5 nitrogen and oxygen atoms in total. The van der Waals surface area contributed by atoms with Crippen LogP contribution in [-0.2, 0) is 19.1 Å². The van der Waals surface area contributed by atoms with Gasteiger partial charge in [-0.1, -0.05) is 6.07 Å². The minimum atomic E-state index is -4.59. The molecule has 1 unspecified atom stereocenters. The fraction of sp³-hybridized carbons (Fsp3) is 0.526. The van der Waals surface area contributed by atoms with Crippen molar-refractivity contribution < 1.29 is 22.7 Å². The molecule has 28 heavy (non-hydrogen) atoms. The number of benzene rings is 1. The fourth-order valence-corrected chi connectivity index (χ4v) is 4.29. The van der Waals surface area contributed by atoms with E-state index in [-0.39, 0.29) is 5.56 Å². The number of aliphatic hydroxyl groups is 1. The Hall–Kier alpha value is -1.97. The van der Waals surface area contributed by atoms with Gasteiger partial charge in [0, 0.05) is 30.8 Å². The first-order chi connectivity index (χ1) is 13.4. The summed E-state index contributed by atoms with van der Waals surface area (Å²) in [5.74, 6) is -1.35. The van der Waals surface area contributed by atoms with Crippen LogP contribution in [0.15, 0.2) is 18.2 Å². The van der Waals surface area contributed by atoms with Crippen LogP contribution < -0.4 is 5.32 Å². The highest BCUT2D eigenvalue weighted by atomic mass is 19.4. The van der Waals surface area contributed by atoms with Crippen LogP contribution in [0.4, 0.5) is 17.6 Å². The molecule has 4 rings (SSSR count). The van der Waals surface area contributed by atoms with Gasteiger partial charge in [0.2, 0.25) is 0 Å². The van der Waals surface area contributed by atoms with E-state index < -0.39 is 29.7 Å². The summed E-state index contributed by atoms with van der Waals surface area (Å²) < 4.78 is 54.2. The van der Waals surface area contributed by atoms with Gasteiger partial charge >= 0.3 is 6.18 Å². The van der Waals surface area contributed by atoms with E-state index in [0.29, 0.717) is 38.2 Å². The average Bonchev–Trinajstić information content (AvgIpc) is 3.11. The second kappa shape index (κ2) is 7.46. The lowest BCUT2D eigenvalue weighted by atomic mass is 9.85. The van der Waals surface area contributed by atoms with Crippen LogP contribution in [0, 0.1) is 5.82 Å². The zero-order valence-corrected chi connectivity index (χ0v) is 15.2. The second-order valence-electron chi connectivity index (χ2n) is 7.38. The third-order valence-corrected chi connectivity index (χ3v) is 5.72. The zero-order chi connectivity index (χ0) is 19.9. The van der Waals surface area contributed by atoms with Crippen molar-refractivity contribution in [3.63, 3.8) is 0 Å². The number of nitrogens with zero attached hydrogens (tertiary/aromatic N) is 2. The molecule has 0 amide bonds. The molecule has 2 aliphatic rings. The minimum absolute atomic E-state index is 0.257. The quantitative estimate of drug-likeness (QED) is 0.696. The van der Waals surface area contributed by atoms with Gasteiger partial charge in [-0.15, -0.1) is 0 Å². The number of hydrogen-bond donors (Lipinski definition) is 3. The van der Waals surface area contributed by atoms with Gasteiger partial charge in [-0.3, -0.25) is 10.00 Å². The van der Waals surface area contributed by atoms with E-state index in [0.717, 1.165) is 42.4 Å². The molecule has 2 aromatic rings. The minimum Gasteiger partial charge on any atom is -0.372 e. The molecular weight excluding hydrogens is 376 g/mol. The van der Waals surface area contributed by atoms with E-state index in [2.05, 4.69) is 15.5 Å². The molecule has 9 heteroatoms. The highest BCUT2D eigenvalue weighted by Gasteiger charge is 2.38. The molecule has 2 aliphatic heterocycles. The van der Waals surface area contributed by atoms with Gasteiger partial charge in [0.1, 0.15) is 11.5 Å². The van der Waals surface area contributed by atoms with Crippen molar-refractivity contribution in [1.82, 2.24) is 20.4 Å². The van der Waals surface area contributed by atoms with Gasteiger partial charge in [-0.25, -0.2) is 4.39 Å². The van der Waals surface area contributed by atoms with Crippen molar-refractivity contribution in [2.24, 2.45) is 0 Å². The van der Waals surface area contributed by atoms with Gasteiger partial charge in [-0.2, -0.15) is 18.3 Å². The fourth-order valence-electron chi connectivity index (χ4n) is 4.29. The first-order valence-electron chi connectivity index (χ1n) is 9.40. The maximum absolute atomic E-state index is 14.2. The van der Waals surface area contributed by atoms with E-state index in [1.165, 1.54) is 0 Å². The Balaban J connectivity index is 1.49. The van der Waals surface area contributed by atoms with Crippen molar-refractivity contribution in [1.29, 1.82) is 0 Å². The highest BCUT2D eigenvalue weighted by molar-refractivity contribution is 5.35. The number of piperidine rings is 1. The van der Waals surface area contributed by atoms with Crippen molar-refractivity contribution in [2.75, 3.05) is 19.6 Å². The summed E-state index contributed by atoms with van der Waals surface area (Å²) in [6.07, 6.45) is -4.05. The molecule has 1 atom stereocenters. The smallest absolute Gasteiger partial charge is 0.372 e. The molecule has 0 spiro atoms. The number of rotatable bonds is 3. The standard InChI is InChI=1S/C19H22F4N4O/c20-14-3-1-2-13(19(21,22)23)16(14)11-5-8-27(9-6-11)18(28)17-12-4-7-24-10-15(12)25-26-17/h1-3,11,18,24,28H,4-10H2,(H,25,26). The molecule has 0 saturated carbocycles. The maximum Gasteiger partial charge on any atom is 0.416 e. The Kier molecular flexibility index (Phi) is 5.15. The lowest BCUT2D eigenvalue weighted by Crippen LogP contribution is -2.37. The summed E-state index contributed by atoms with van der Waals surface area (Å²) in [6.45, 7) is 2.22. The van der Waals surface area contributed by atoms with Gasteiger partial charge in [0.05, 0.1) is 11.3 Å². The van der Waals surface area contributed by atoms with Crippen LogP contribution in [0.2, 0.25) is 0 Å². The van der Waals surface area contributed by atoms with Crippen molar-refractivity contribution in [2.45, 2.75) is 44.1 Å². The summed E-state index contributed by atoms with van der Waals surface area (Å²) in [5.41, 5.74) is 1.38. The highest BCUT2D eigenvalue weighted by Crippen LogP contribution is 2.41. The Morgan fingerprint density at radius 1 is 1.21 bits per heavy atom. The Labute approximate surface area is 159 Å². The van der Waals surface area contributed by atoms with Crippen LogP contribution in [0.3, 0.4) is 0 Å². The molecule has 1 aromatic carbocycles.